The number of amides is 2. The van der Waals surface area contributed by atoms with E-state index in [1.54, 1.807) is 43.3 Å². The number of benzene rings is 3. The Morgan fingerprint density at radius 3 is 2.29 bits per heavy atom. The van der Waals surface area contributed by atoms with Crippen molar-refractivity contribution in [3.8, 4) is 5.75 Å². The Hall–Kier alpha value is -3.63. The van der Waals surface area contributed by atoms with E-state index in [0.29, 0.717) is 22.9 Å². The molecule has 0 saturated carbocycles. The van der Waals surface area contributed by atoms with Gasteiger partial charge in [0.2, 0.25) is 11.8 Å². The summed E-state index contributed by atoms with van der Waals surface area (Å²) in [7, 11) is -2.85. The second-order valence-electron chi connectivity index (χ2n) is 8.33. The van der Waals surface area contributed by atoms with Gasteiger partial charge in [0.15, 0.2) is 0 Å². The Bertz CT molecular complexity index is 1370. The smallest absolute Gasteiger partial charge is 0.264 e. The van der Waals surface area contributed by atoms with Gasteiger partial charge < -0.3 is 15.0 Å². The van der Waals surface area contributed by atoms with Crippen LogP contribution in [0, 0.1) is 5.82 Å². The summed E-state index contributed by atoms with van der Waals surface area (Å²) in [5, 5.41) is 2.98. The predicted octanol–water partition coefficient (Wildman–Crippen LogP) is 4.24. The van der Waals surface area contributed by atoms with Crippen LogP contribution in [0.4, 0.5) is 10.1 Å². The Kier molecular flexibility index (Phi) is 9.71. The fraction of sp³-hybridized carbons (Fsp3) is 0.259. The second-order valence-corrected chi connectivity index (χ2v) is 10.6. The van der Waals surface area contributed by atoms with Gasteiger partial charge in [0.25, 0.3) is 10.0 Å². The van der Waals surface area contributed by atoms with Gasteiger partial charge in [0, 0.05) is 18.6 Å². The molecule has 0 aromatic heterocycles. The first-order valence-electron chi connectivity index (χ1n) is 11.8. The number of carbonyl (C=O) groups excluding carboxylic acids is 2. The van der Waals surface area contributed by atoms with Crippen molar-refractivity contribution < 1.29 is 27.1 Å². The summed E-state index contributed by atoms with van der Waals surface area (Å²) in [5.74, 6) is -1.12. The maximum absolute atomic E-state index is 13.7. The third kappa shape index (κ3) is 7.02. The standard InChI is InChI=1S/C27H29ClFN3O5S/c1-4-37-24-12-10-23(11-13-24)32(38(35,36)25-14-8-22(29)9-15-25)18-26(33)31(19(2)27(34)30-3)17-20-6-5-7-21(28)16-20/h5-16,19H,4,17-18H2,1-3H3,(H,30,34). The summed E-state index contributed by atoms with van der Waals surface area (Å²) < 4.78 is 47.3. The van der Waals surface area contributed by atoms with E-state index < -0.39 is 40.2 Å². The number of hydrogen-bond acceptors (Lipinski definition) is 5. The molecule has 0 bridgehead atoms. The van der Waals surface area contributed by atoms with E-state index >= 15 is 0 Å². The van der Waals surface area contributed by atoms with E-state index in [9.17, 15) is 22.4 Å². The van der Waals surface area contributed by atoms with Gasteiger partial charge in [0.05, 0.1) is 17.2 Å². The summed E-state index contributed by atoms with van der Waals surface area (Å²) >= 11 is 6.11. The van der Waals surface area contributed by atoms with Crippen molar-refractivity contribution in [3.05, 3.63) is 89.2 Å². The van der Waals surface area contributed by atoms with Crippen LogP contribution in [0.15, 0.2) is 77.7 Å². The monoisotopic (exact) mass is 561 g/mol. The summed E-state index contributed by atoms with van der Waals surface area (Å²) in [6, 6.07) is 16.4. The molecular formula is C27H29ClFN3O5S. The molecule has 0 aliphatic carbocycles. The molecule has 3 aromatic rings. The highest BCUT2D eigenvalue weighted by Gasteiger charge is 2.32. The molecule has 38 heavy (non-hydrogen) atoms. The van der Waals surface area contributed by atoms with Gasteiger partial charge in [-0.3, -0.25) is 13.9 Å². The lowest BCUT2D eigenvalue weighted by Crippen LogP contribution is -2.50. The number of sulfonamides is 1. The Morgan fingerprint density at radius 2 is 1.71 bits per heavy atom. The zero-order valence-electron chi connectivity index (χ0n) is 21.2. The maximum Gasteiger partial charge on any atom is 0.264 e. The van der Waals surface area contributed by atoms with Crippen LogP contribution in [0.25, 0.3) is 0 Å². The lowest BCUT2D eigenvalue weighted by molar-refractivity contribution is -0.139. The first-order chi connectivity index (χ1) is 18.1. The average molecular weight is 562 g/mol. The summed E-state index contributed by atoms with van der Waals surface area (Å²) in [6.07, 6.45) is 0. The molecule has 2 amide bonds. The Balaban J connectivity index is 2.03. The summed E-state index contributed by atoms with van der Waals surface area (Å²) in [4.78, 5) is 27.3. The molecule has 0 heterocycles. The van der Waals surface area contributed by atoms with Crippen LogP contribution in [0.2, 0.25) is 5.02 Å². The number of nitrogens with zero attached hydrogens (tertiary/aromatic N) is 2. The molecule has 0 spiro atoms. The van der Waals surface area contributed by atoms with Gasteiger partial charge in [-0.2, -0.15) is 0 Å². The summed E-state index contributed by atoms with van der Waals surface area (Å²) in [5.41, 5.74) is 0.858. The van der Waals surface area contributed by atoms with Crippen LogP contribution >= 0.6 is 11.6 Å². The van der Waals surface area contributed by atoms with Crippen molar-refractivity contribution in [2.75, 3.05) is 24.5 Å². The zero-order valence-corrected chi connectivity index (χ0v) is 22.8. The Morgan fingerprint density at radius 1 is 1.05 bits per heavy atom. The largest absolute Gasteiger partial charge is 0.494 e. The molecule has 11 heteroatoms. The normalized spacial score (nSPS) is 11.9. The molecule has 1 N–H and O–H groups in total. The van der Waals surface area contributed by atoms with Gasteiger partial charge in [-0.25, -0.2) is 12.8 Å². The third-order valence-corrected chi connectivity index (χ3v) is 7.80. The fourth-order valence-electron chi connectivity index (χ4n) is 3.76. The molecule has 0 fully saturated rings. The minimum absolute atomic E-state index is 0.0156. The summed E-state index contributed by atoms with van der Waals surface area (Å²) in [6.45, 7) is 3.19. The minimum atomic E-state index is -4.30. The van der Waals surface area contributed by atoms with Crippen molar-refractivity contribution in [2.24, 2.45) is 0 Å². The highest BCUT2D eigenvalue weighted by atomic mass is 35.5. The molecule has 0 aliphatic heterocycles. The van der Waals surface area contributed by atoms with Crippen LogP contribution in [-0.4, -0.2) is 51.4 Å². The third-order valence-electron chi connectivity index (χ3n) is 5.77. The van der Waals surface area contributed by atoms with Crippen LogP contribution in [-0.2, 0) is 26.2 Å². The zero-order chi connectivity index (χ0) is 27.9. The molecule has 3 rings (SSSR count). The first-order valence-corrected chi connectivity index (χ1v) is 13.6. The quantitative estimate of drug-likeness (QED) is 0.378. The molecule has 202 valence electrons. The van der Waals surface area contributed by atoms with E-state index in [1.807, 2.05) is 6.92 Å². The van der Waals surface area contributed by atoms with E-state index in [0.717, 1.165) is 28.6 Å². The lowest BCUT2D eigenvalue weighted by atomic mass is 10.1. The van der Waals surface area contributed by atoms with Crippen LogP contribution < -0.4 is 14.4 Å². The molecular weight excluding hydrogens is 533 g/mol. The SMILES string of the molecule is CCOc1ccc(N(CC(=O)N(Cc2cccc(Cl)c2)C(C)C(=O)NC)S(=O)(=O)c2ccc(F)cc2)cc1. The van der Waals surface area contributed by atoms with E-state index in [-0.39, 0.29) is 17.1 Å². The Labute approximate surface area is 227 Å². The highest BCUT2D eigenvalue weighted by molar-refractivity contribution is 7.92. The topological polar surface area (TPSA) is 96.0 Å². The number of carbonyl (C=O) groups is 2. The van der Waals surface area contributed by atoms with E-state index in [2.05, 4.69) is 5.32 Å². The maximum atomic E-state index is 13.7. The van der Waals surface area contributed by atoms with Crippen molar-refractivity contribution in [1.29, 1.82) is 0 Å². The molecule has 3 aromatic carbocycles. The first kappa shape index (κ1) is 28.9. The van der Waals surface area contributed by atoms with Crippen LogP contribution in [0.3, 0.4) is 0 Å². The molecule has 0 radical (unpaired) electrons. The van der Waals surface area contributed by atoms with Gasteiger partial charge in [-0.15, -0.1) is 0 Å². The van der Waals surface area contributed by atoms with Gasteiger partial charge in [-0.05, 0) is 80.1 Å². The van der Waals surface area contributed by atoms with E-state index in [4.69, 9.17) is 16.3 Å². The number of anilines is 1. The molecule has 1 atom stereocenters. The number of rotatable bonds is 11. The highest BCUT2D eigenvalue weighted by Crippen LogP contribution is 2.27. The van der Waals surface area contributed by atoms with Crippen molar-refractivity contribution in [3.63, 3.8) is 0 Å². The fourth-order valence-corrected chi connectivity index (χ4v) is 5.39. The van der Waals surface area contributed by atoms with Gasteiger partial charge in [0.1, 0.15) is 24.2 Å². The number of ether oxygens (including phenoxy) is 1. The van der Waals surface area contributed by atoms with Crippen LogP contribution in [0.1, 0.15) is 19.4 Å². The van der Waals surface area contributed by atoms with Crippen LogP contribution in [0.5, 0.6) is 5.75 Å². The van der Waals surface area contributed by atoms with E-state index in [1.165, 1.54) is 24.1 Å². The number of halogens is 2. The van der Waals surface area contributed by atoms with Crippen molar-refractivity contribution in [1.82, 2.24) is 10.2 Å². The van der Waals surface area contributed by atoms with Crippen molar-refractivity contribution >= 4 is 39.1 Å². The second kappa shape index (κ2) is 12.7. The molecule has 8 nitrogen and oxygen atoms in total. The molecule has 1 unspecified atom stereocenters. The molecule has 0 saturated heterocycles. The average Bonchev–Trinajstić information content (AvgIpc) is 2.90. The lowest BCUT2D eigenvalue weighted by Gasteiger charge is -2.31. The predicted molar refractivity (Wildman–Crippen MR) is 144 cm³/mol. The van der Waals surface area contributed by atoms with Gasteiger partial charge in [-0.1, -0.05) is 23.7 Å². The number of hydrogen-bond donors (Lipinski definition) is 1. The number of nitrogens with one attached hydrogen (secondary N) is 1. The van der Waals surface area contributed by atoms with Crippen molar-refractivity contribution in [2.45, 2.75) is 31.3 Å². The van der Waals surface area contributed by atoms with Gasteiger partial charge >= 0.3 is 0 Å². The minimum Gasteiger partial charge on any atom is -0.494 e. The number of likely N-dealkylation sites (N-methyl/N-ethyl adjacent to an activating group) is 1. The molecule has 0 aliphatic rings.